The average molecular weight is 278 g/mol. The molecule has 0 atom stereocenters. The highest BCUT2D eigenvalue weighted by Crippen LogP contribution is 2.10. The number of nitrogens with zero attached hydrogens (tertiary/aromatic N) is 3. The van der Waals surface area contributed by atoms with E-state index in [2.05, 4.69) is 39.8 Å². The second kappa shape index (κ2) is 6.22. The van der Waals surface area contributed by atoms with E-state index in [1.165, 1.54) is 5.56 Å². The third kappa shape index (κ3) is 3.69. The molecule has 0 aliphatic rings. The number of rotatable bonds is 5. The van der Waals surface area contributed by atoms with Gasteiger partial charge in [0, 0.05) is 30.7 Å². The van der Waals surface area contributed by atoms with Gasteiger partial charge in [0.05, 0.1) is 18.4 Å². The molecule has 2 heterocycles. The summed E-state index contributed by atoms with van der Waals surface area (Å²) in [5, 5.41) is 7.77. The predicted octanol–water partition coefficient (Wildman–Crippen LogP) is 3.25. The third-order valence-electron chi connectivity index (χ3n) is 3.25. The van der Waals surface area contributed by atoms with Crippen LogP contribution >= 0.6 is 0 Å². The number of nitrogens with one attached hydrogen (secondary N) is 1. The Hall–Kier alpha value is -2.62. The lowest BCUT2D eigenvalue weighted by Gasteiger charge is -2.04. The summed E-state index contributed by atoms with van der Waals surface area (Å²) in [6, 6.07) is 12.4. The fourth-order valence-corrected chi connectivity index (χ4v) is 2.21. The Balaban J connectivity index is 1.60. The largest absolute Gasteiger partial charge is 0.380 e. The zero-order valence-corrected chi connectivity index (χ0v) is 12.0. The van der Waals surface area contributed by atoms with Gasteiger partial charge in [-0.25, -0.2) is 0 Å². The van der Waals surface area contributed by atoms with Crippen molar-refractivity contribution in [2.75, 3.05) is 5.32 Å². The van der Waals surface area contributed by atoms with Crippen molar-refractivity contribution in [3.63, 3.8) is 0 Å². The first-order chi connectivity index (χ1) is 10.3. The molecule has 2 aromatic heterocycles. The van der Waals surface area contributed by atoms with Gasteiger partial charge in [-0.2, -0.15) is 5.10 Å². The molecule has 3 aromatic rings. The molecule has 106 valence electrons. The second-order valence-electron chi connectivity index (χ2n) is 5.14. The van der Waals surface area contributed by atoms with Gasteiger partial charge in [0.1, 0.15) is 0 Å². The average Bonchev–Trinajstić information content (AvgIpc) is 2.94. The van der Waals surface area contributed by atoms with E-state index in [-0.39, 0.29) is 0 Å². The summed E-state index contributed by atoms with van der Waals surface area (Å²) in [4.78, 5) is 4.17. The first kappa shape index (κ1) is 13.4. The molecule has 0 amide bonds. The van der Waals surface area contributed by atoms with Gasteiger partial charge < -0.3 is 5.32 Å². The summed E-state index contributed by atoms with van der Waals surface area (Å²) in [6.45, 7) is 3.59. The van der Waals surface area contributed by atoms with Gasteiger partial charge in [-0.05, 0) is 24.1 Å². The molecule has 0 radical (unpaired) electrons. The van der Waals surface area contributed by atoms with Gasteiger partial charge in [-0.15, -0.1) is 0 Å². The maximum absolute atomic E-state index is 4.40. The molecule has 4 nitrogen and oxygen atoms in total. The standard InChI is InChI=1S/C17H18N4/c1-14-7-17(11-18-8-14)19-9-16-10-20-21(13-16)12-15-5-3-2-4-6-15/h2-8,10-11,13,19H,9,12H2,1H3. The van der Waals surface area contributed by atoms with Crippen LogP contribution in [0.4, 0.5) is 5.69 Å². The topological polar surface area (TPSA) is 42.7 Å². The minimum atomic E-state index is 0.750. The third-order valence-corrected chi connectivity index (χ3v) is 3.25. The van der Waals surface area contributed by atoms with Crippen LogP contribution in [0.15, 0.2) is 61.2 Å². The van der Waals surface area contributed by atoms with Crippen LogP contribution in [0.25, 0.3) is 0 Å². The number of benzene rings is 1. The van der Waals surface area contributed by atoms with E-state index in [9.17, 15) is 0 Å². The molecular weight excluding hydrogens is 260 g/mol. The van der Waals surface area contributed by atoms with Gasteiger partial charge in [0.25, 0.3) is 0 Å². The van der Waals surface area contributed by atoms with E-state index >= 15 is 0 Å². The van der Waals surface area contributed by atoms with Crippen molar-refractivity contribution in [2.45, 2.75) is 20.0 Å². The Morgan fingerprint density at radius 2 is 1.90 bits per heavy atom. The number of aryl methyl sites for hydroxylation is 1. The van der Waals surface area contributed by atoms with Crippen molar-refractivity contribution in [2.24, 2.45) is 0 Å². The number of pyridine rings is 1. The predicted molar refractivity (Wildman–Crippen MR) is 84.1 cm³/mol. The highest BCUT2D eigenvalue weighted by atomic mass is 15.3. The smallest absolute Gasteiger partial charge is 0.0659 e. The van der Waals surface area contributed by atoms with E-state index in [4.69, 9.17) is 0 Å². The highest BCUT2D eigenvalue weighted by molar-refractivity contribution is 5.42. The van der Waals surface area contributed by atoms with Gasteiger partial charge in [0.15, 0.2) is 0 Å². The first-order valence-electron chi connectivity index (χ1n) is 7.00. The molecular formula is C17H18N4. The van der Waals surface area contributed by atoms with Crippen molar-refractivity contribution >= 4 is 5.69 Å². The van der Waals surface area contributed by atoms with E-state index in [0.29, 0.717) is 0 Å². The molecule has 4 heteroatoms. The number of anilines is 1. The Labute approximate surface area is 124 Å². The zero-order valence-electron chi connectivity index (χ0n) is 12.0. The molecule has 1 N–H and O–H groups in total. The Kier molecular flexibility index (Phi) is 3.96. The SMILES string of the molecule is Cc1cncc(NCc2cnn(Cc3ccccc3)c2)c1. The van der Waals surface area contributed by atoms with Crippen LogP contribution < -0.4 is 5.32 Å². The lowest BCUT2D eigenvalue weighted by atomic mass is 10.2. The van der Waals surface area contributed by atoms with E-state index in [1.54, 1.807) is 0 Å². The van der Waals surface area contributed by atoms with E-state index in [0.717, 1.165) is 29.9 Å². The summed E-state index contributed by atoms with van der Waals surface area (Å²) in [5.41, 5.74) is 4.60. The lowest BCUT2D eigenvalue weighted by molar-refractivity contribution is 0.686. The van der Waals surface area contributed by atoms with Crippen molar-refractivity contribution in [3.8, 4) is 0 Å². The van der Waals surface area contributed by atoms with Crippen LogP contribution in [0, 0.1) is 6.92 Å². The fraction of sp³-hybridized carbons (Fsp3) is 0.176. The van der Waals surface area contributed by atoms with E-state index in [1.807, 2.05) is 48.4 Å². The summed E-state index contributed by atoms with van der Waals surface area (Å²) in [5.74, 6) is 0. The summed E-state index contributed by atoms with van der Waals surface area (Å²) < 4.78 is 1.96. The molecule has 21 heavy (non-hydrogen) atoms. The Bertz CT molecular complexity index is 704. The number of hydrogen-bond acceptors (Lipinski definition) is 3. The molecule has 1 aromatic carbocycles. The van der Waals surface area contributed by atoms with Crippen LogP contribution in [0.1, 0.15) is 16.7 Å². The number of hydrogen-bond donors (Lipinski definition) is 1. The fourth-order valence-electron chi connectivity index (χ4n) is 2.21. The summed E-state index contributed by atoms with van der Waals surface area (Å²) in [6.07, 6.45) is 7.66. The molecule has 0 spiro atoms. The van der Waals surface area contributed by atoms with Crippen LogP contribution in [0.2, 0.25) is 0 Å². The quantitative estimate of drug-likeness (QED) is 0.779. The first-order valence-corrected chi connectivity index (χ1v) is 7.00. The van der Waals surface area contributed by atoms with Crippen LogP contribution in [0.3, 0.4) is 0 Å². The molecule has 0 aliphatic carbocycles. The summed E-state index contributed by atoms with van der Waals surface area (Å²) >= 11 is 0. The lowest BCUT2D eigenvalue weighted by Crippen LogP contribution is -2.01. The Morgan fingerprint density at radius 3 is 2.71 bits per heavy atom. The highest BCUT2D eigenvalue weighted by Gasteiger charge is 2.00. The number of aromatic nitrogens is 3. The maximum atomic E-state index is 4.40. The minimum Gasteiger partial charge on any atom is -0.380 e. The van der Waals surface area contributed by atoms with Gasteiger partial charge >= 0.3 is 0 Å². The van der Waals surface area contributed by atoms with Gasteiger partial charge in [-0.1, -0.05) is 30.3 Å². The van der Waals surface area contributed by atoms with E-state index < -0.39 is 0 Å². The molecule has 0 fully saturated rings. The maximum Gasteiger partial charge on any atom is 0.0659 e. The molecule has 0 unspecified atom stereocenters. The van der Waals surface area contributed by atoms with Crippen molar-refractivity contribution in [1.82, 2.24) is 14.8 Å². The van der Waals surface area contributed by atoms with Crippen molar-refractivity contribution in [3.05, 3.63) is 77.9 Å². The minimum absolute atomic E-state index is 0.750. The monoisotopic (exact) mass is 278 g/mol. The van der Waals surface area contributed by atoms with Crippen LogP contribution in [-0.2, 0) is 13.1 Å². The molecule has 3 rings (SSSR count). The van der Waals surface area contributed by atoms with Crippen molar-refractivity contribution in [1.29, 1.82) is 0 Å². The Morgan fingerprint density at radius 1 is 1.05 bits per heavy atom. The normalized spacial score (nSPS) is 10.5. The molecule has 0 saturated carbocycles. The molecule has 0 bridgehead atoms. The second-order valence-corrected chi connectivity index (χ2v) is 5.14. The van der Waals surface area contributed by atoms with Gasteiger partial charge in [0.2, 0.25) is 0 Å². The zero-order chi connectivity index (χ0) is 14.5. The van der Waals surface area contributed by atoms with Crippen molar-refractivity contribution < 1.29 is 0 Å². The van der Waals surface area contributed by atoms with Crippen LogP contribution in [0.5, 0.6) is 0 Å². The molecule has 0 aliphatic heterocycles. The van der Waals surface area contributed by atoms with Gasteiger partial charge in [-0.3, -0.25) is 9.67 Å². The van der Waals surface area contributed by atoms with Crippen LogP contribution in [-0.4, -0.2) is 14.8 Å². The summed E-state index contributed by atoms with van der Waals surface area (Å²) in [7, 11) is 0. The molecule has 0 saturated heterocycles.